The molecule has 1 aliphatic carbocycles. The van der Waals surface area contributed by atoms with Crippen LogP contribution in [0.2, 0.25) is 0 Å². The monoisotopic (exact) mass is 183 g/mol. The number of fused-ring (bicyclic) bond motifs is 1. The van der Waals surface area contributed by atoms with Gasteiger partial charge in [0.2, 0.25) is 0 Å². The first kappa shape index (κ1) is 9.00. The maximum Gasteiger partial charge on any atom is 0.303 e. The SMILES string of the molecule is O=C(O)CCC1CC2CCCC2N1. The Labute approximate surface area is 78.5 Å². The lowest BCUT2D eigenvalue weighted by Crippen LogP contribution is -2.29. The van der Waals surface area contributed by atoms with E-state index in [1.165, 1.54) is 25.7 Å². The van der Waals surface area contributed by atoms with Crippen LogP contribution in [0.25, 0.3) is 0 Å². The summed E-state index contributed by atoms with van der Waals surface area (Å²) in [6.07, 6.45) is 6.33. The van der Waals surface area contributed by atoms with E-state index in [9.17, 15) is 4.79 Å². The Balaban J connectivity index is 1.75. The minimum atomic E-state index is -0.668. The number of carboxylic acid groups (broad SMARTS) is 1. The summed E-state index contributed by atoms with van der Waals surface area (Å²) in [6, 6.07) is 1.19. The van der Waals surface area contributed by atoms with Gasteiger partial charge >= 0.3 is 5.97 Å². The first-order chi connectivity index (χ1) is 6.25. The Morgan fingerprint density at radius 3 is 3.00 bits per heavy atom. The first-order valence-corrected chi connectivity index (χ1v) is 5.23. The molecule has 2 fully saturated rings. The van der Waals surface area contributed by atoms with Crippen LogP contribution in [0.1, 0.15) is 38.5 Å². The summed E-state index contributed by atoms with van der Waals surface area (Å²) in [7, 11) is 0. The lowest BCUT2D eigenvalue weighted by Gasteiger charge is -2.10. The van der Waals surface area contributed by atoms with Crippen LogP contribution in [0.3, 0.4) is 0 Å². The summed E-state index contributed by atoms with van der Waals surface area (Å²) >= 11 is 0. The molecule has 0 amide bonds. The Morgan fingerprint density at radius 1 is 1.46 bits per heavy atom. The van der Waals surface area contributed by atoms with Crippen LogP contribution >= 0.6 is 0 Å². The number of rotatable bonds is 3. The van der Waals surface area contributed by atoms with Gasteiger partial charge in [0.1, 0.15) is 0 Å². The molecule has 3 unspecified atom stereocenters. The predicted molar refractivity (Wildman–Crippen MR) is 49.5 cm³/mol. The van der Waals surface area contributed by atoms with Crippen LogP contribution in [-0.4, -0.2) is 23.2 Å². The van der Waals surface area contributed by atoms with Gasteiger partial charge < -0.3 is 10.4 Å². The average Bonchev–Trinajstić information content (AvgIpc) is 2.58. The summed E-state index contributed by atoms with van der Waals surface area (Å²) < 4.78 is 0. The Kier molecular flexibility index (Phi) is 2.54. The molecule has 0 bridgehead atoms. The van der Waals surface area contributed by atoms with Gasteiger partial charge in [0, 0.05) is 18.5 Å². The van der Waals surface area contributed by atoms with E-state index < -0.39 is 5.97 Å². The fourth-order valence-electron chi connectivity index (χ4n) is 2.77. The molecule has 0 radical (unpaired) electrons. The van der Waals surface area contributed by atoms with Crippen molar-refractivity contribution in [2.24, 2.45) is 5.92 Å². The highest BCUT2D eigenvalue weighted by Crippen LogP contribution is 2.35. The largest absolute Gasteiger partial charge is 0.481 e. The highest BCUT2D eigenvalue weighted by molar-refractivity contribution is 5.66. The van der Waals surface area contributed by atoms with Crippen molar-refractivity contribution in [3.05, 3.63) is 0 Å². The number of carboxylic acids is 1. The van der Waals surface area contributed by atoms with E-state index in [-0.39, 0.29) is 0 Å². The highest BCUT2D eigenvalue weighted by Gasteiger charge is 2.36. The van der Waals surface area contributed by atoms with E-state index >= 15 is 0 Å². The Bertz CT molecular complexity index is 193. The third-order valence-corrected chi connectivity index (χ3v) is 3.40. The van der Waals surface area contributed by atoms with Crippen LogP contribution in [0, 0.1) is 5.92 Å². The van der Waals surface area contributed by atoms with E-state index in [4.69, 9.17) is 5.11 Å². The van der Waals surface area contributed by atoms with Crippen LogP contribution in [0.15, 0.2) is 0 Å². The van der Waals surface area contributed by atoms with Gasteiger partial charge in [0.25, 0.3) is 0 Å². The van der Waals surface area contributed by atoms with Crippen molar-refractivity contribution in [1.82, 2.24) is 5.32 Å². The second-order valence-corrected chi connectivity index (χ2v) is 4.33. The van der Waals surface area contributed by atoms with E-state index in [1.807, 2.05) is 0 Å². The van der Waals surface area contributed by atoms with Gasteiger partial charge in [-0.05, 0) is 31.6 Å². The predicted octanol–water partition coefficient (Wildman–Crippen LogP) is 1.38. The van der Waals surface area contributed by atoms with Crippen molar-refractivity contribution in [3.63, 3.8) is 0 Å². The van der Waals surface area contributed by atoms with Crippen LogP contribution in [0.4, 0.5) is 0 Å². The molecule has 1 heterocycles. The summed E-state index contributed by atoms with van der Waals surface area (Å²) in [5.74, 6) is 0.178. The quantitative estimate of drug-likeness (QED) is 0.695. The molecule has 2 N–H and O–H groups in total. The average molecular weight is 183 g/mol. The standard InChI is InChI=1S/C10H17NO2/c12-10(13)5-4-8-6-7-2-1-3-9(7)11-8/h7-9,11H,1-6H2,(H,12,13). The minimum Gasteiger partial charge on any atom is -0.481 e. The topological polar surface area (TPSA) is 49.3 Å². The molecule has 0 aromatic carbocycles. The number of carbonyl (C=O) groups is 1. The van der Waals surface area contributed by atoms with Crippen molar-refractivity contribution in [3.8, 4) is 0 Å². The fourth-order valence-corrected chi connectivity index (χ4v) is 2.77. The highest BCUT2D eigenvalue weighted by atomic mass is 16.4. The van der Waals surface area contributed by atoms with E-state index in [2.05, 4.69) is 5.32 Å². The van der Waals surface area contributed by atoms with E-state index in [1.54, 1.807) is 0 Å². The summed E-state index contributed by atoms with van der Waals surface area (Å²) in [4.78, 5) is 10.4. The molecular weight excluding hydrogens is 166 g/mol. The normalized spacial score (nSPS) is 37.7. The number of nitrogens with one attached hydrogen (secondary N) is 1. The van der Waals surface area contributed by atoms with Crippen LogP contribution in [0.5, 0.6) is 0 Å². The maximum atomic E-state index is 10.4. The van der Waals surface area contributed by atoms with Gasteiger partial charge in [-0.3, -0.25) is 4.79 Å². The molecule has 1 saturated heterocycles. The van der Waals surface area contributed by atoms with Crippen LogP contribution < -0.4 is 5.32 Å². The zero-order chi connectivity index (χ0) is 9.26. The third-order valence-electron chi connectivity index (χ3n) is 3.40. The Morgan fingerprint density at radius 2 is 2.31 bits per heavy atom. The van der Waals surface area contributed by atoms with Gasteiger partial charge in [-0.2, -0.15) is 0 Å². The summed E-state index contributed by atoms with van der Waals surface area (Å²) in [5.41, 5.74) is 0. The zero-order valence-corrected chi connectivity index (χ0v) is 7.83. The maximum absolute atomic E-state index is 10.4. The molecule has 74 valence electrons. The van der Waals surface area contributed by atoms with Crippen molar-refractivity contribution in [2.45, 2.75) is 50.6 Å². The van der Waals surface area contributed by atoms with Gasteiger partial charge in [0.05, 0.1) is 0 Å². The molecule has 3 atom stereocenters. The third kappa shape index (κ3) is 2.02. The molecule has 13 heavy (non-hydrogen) atoms. The number of hydrogen-bond acceptors (Lipinski definition) is 2. The second-order valence-electron chi connectivity index (χ2n) is 4.33. The summed E-state index contributed by atoms with van der Waals surface area (Å²) in [5, 5.41) is 12.1. The zero-order valence-electron chi connectivity index (χ0n) is 7.83. The molecule has 3 heteroatoms. The van der Waals surface area contributed by atoms with Gasteiger partial charge in [-0.1, -0.05) is 6.42 Å². The lowest BCUT2D eigenvalue weighted by atomic mass is 10.00. The van der Waals surface area contributed by atoms with Crippen LogP contribution in [-0.2, 0) is 4.79 Å². The van der Waals surface area contributed by atoms with Gasteiger partial charge in [0.15, 0.2) is 0 Å². The molecule has 0 aromatic heterocycles. The second kappa shape index (κ2) is 3.66. The molecule has 1 saturated carbocycles. The molecule has 2 aliphatic rings. The Hall–Kier alpha value is -0.570. The number of hydrogen-bond donors (Lipinski definition) is 2. The van der Waals surface area contributed by atoms with Crippen molar-refractivity contribution in [2.75, 3.05) is 0 Å². The minimum absolute atomic E-state index is 0.317. The van der Waals surface area contributed by atoms with Gasteiger partial charge in [-0.15, -0.1) is 0 Å². The molecule has 0 aromatic rings. The number of aliphatic carboxylic acids is 1. The molecule has 0 spiro atoms. The van der Waals surface area contributed by atoms with Crippen molar-refractivity contribution >= 4 is 5.97 Å². The lowest BCUT2D eigenvalue weighted by molar-refractivity contribution is -0.137. The smallest absolute Gasteiger partial charge is 0.303 e. The fraction of sp³-hybridized carbons (Fsp3) is 0.900. The van der Waals surface area contributed by atoms with Crippen molar-refractivity contribution in [1.29, 1.82) is 0 Å². The van der Waals surface area contributed by atoms with E-state index in [0.717, 1.165) is 12.3 Å². The molecule has 3 nitrogen and oxygen atoms in total. The molecule has 2 rings (SSSR count). The molecular formula is C10H17NO2. The van der Waals surface area contributed by atoms with Gasteiger partial charge in [-0.25, -0.2) is 0 Å². The first-order valence-electron chi connectivity index (χ1n) is 5.23. The molecule has 1 aliphatic heterocycles. The summed E-state index contributed by atoms with van der Waals surface area (Å²) in [6.45, 7) is 0. The van der Waals surface area contributed by atoms with E-state index in [0.29, 0.717) is 18.5 Å². The van der Waals surface area contributed by atoms with Crippen molar-refractivity contribution < 1.29 is 9.90 Å².